The molecule has 1 aliphatic carbocycles. The van der Waals surface area contributed by atoms with Crippen LogP contribution in [0.4, 0.5) is 4.39 Å². The number of nitrogens with one attached hydrogen (secondary N) is 1. The first-order valence-corrected chi connectivity index (χ1v) is 9.69. The second-order valence-electron chi connectivity index (χ2n) is 7.59. The minimum absolute atomic E-state index is 0.0126. The van der Waals surface area contributed by atoms with Crippen LogP contribution in [0.5, 0.6) is 0 Å². The number of aliphatic hydroxyl groups is 1. The highest BCUT2D eigenvalue weighted by atomic mass is 19.1. The molecule has 1 fully saturated rings. The molecule has 1 aliphatic rings. The Morgan fingerprint density at radius 3 is 2.68 bits per heavy atom. The van der Waals surface area contributed by atoms with Gasteiger partial charge in [-0.3, -0.25) is 4.79 Å². The number of carbonyl (C=O) groups excluding carboxylic acids is 1. The third-order valence-corrected chi connectivity index (χ3v) is 5.61. The Kier molecular flexibility index (Phi) is 4.89. The Morgan fingerprint density at radius 2 is 2.04 bits per heavy atom. The Hall–Kier alpha value is -2.73. The summed E-state index contributed by atoms with van der Waals surface area (Å²) in [4.78, 5) is 12.4. The summed E-state index contributed by atoms with van der Waals surface area (Å²) >= 11 is 0. The van der Waals surface area contributed by atoms with E-state index in [-0.39, 0.29) is 29.8 Å². The zero-order valence-electron chi connectivity index (χ0n) is 16.0. The number of fused-ring (bicyclic) bond motifs is 1. The highest BCUT2D eigenvalue weighted by Crippen LogP contribution is 2.31. The van der Waals surface area contributed by atoms with Crippen molar-refractivity contribution in [1.29, 1.82) is 0 Å². The molecule has 6 heteroatoms. The maximum atomic E-state index is 13.2. The van der Waals surface area contributed by atoms with E-state index in [4.69, 9.17) is 0 Å². The van der Waals surface area contributed by atoms with Crippen molar-refractivity contribution < 1.29 is 14.3 Å². The smallest absolute Gasteiger partial charge is 0.223 e. The van der Waals surface area contributed by atoms with Gasteiger partial charge in [0.25, 0.3) is 0 Å². The number of aryl methyl sites for hydroxylation is 1. The van der Waals surface area contributed by atoms with Crippen molar-refractivity contribution in [1.82, 2.24) is 15.1 Å². The minimum Gasteiger partial charge on any atom is -0.393 e. The van der Waals surface area contributed by atoms with Crippen LogP contribution in [0, 0.1) is 18.7 Å². The number of hydrogen-bond acceptors (Lipinski definition) is 3. The molecule has 2 N–H and O–H groups in total. The van der Waals surface area contributed by atoms with E-state index in [1.54, 1.807) is 23.0 Å². The van der Waals surface area contributed by atoms with E-state index in [2.05, 4.69) is 22.5 Å². The number of benzene rings is 2. The third kappa shape index (κ3) is 3.40. The average Bonchev–Trinajstić information content (AvgIpc) is 3.06. The molecule has 4 rings (SSSR count). The van der Waals surface area contributed by atoms with Crippen LogP contribution in [-0.4, -0.2) is 26.9 Å². The largest absolute Gasteiger partial charge is 0.393 e. The fourth-order valence-corrected chi connectivity index (χ4v) is 3.85. The van der Waals surface area contributed by atoms with Gasteiger partial charge in [0, 0.05) is 11.3 Å². The molecule has 1 aromatic heterocycles. The van der Waals surface area contributed by atoms with E-state index in [0.29, 0.717) is 12.8 Å². The summed E-state index contributed by atoms with van der Waals surface area (Å²) in [5.74, 6) is -0.354. The minimum atomic E-state index is -0.341. The van der Waals surface area contributed by atoms with Gasteiger partial charge >= 0.3 is 0 Å². The van der Waals surface area contributed by atoms with Crippen LogP contribution >= 0.6 is 0 Å². The van der Waals surface area contributed by atoms with Gasteiger partial charge in [-0.05, 0) is 73.7 Å². The summed E-state index contributed by atoms with van der Waals surface area (Å²) in [6, 6.07) is 10.3. The summed E-state index contributed by atoms with van der Waals surface area (Å²) in [6.07, 6.45) is 3.32. The van der Waals surface area contributed by atoms with Gasteiger partial charge in [-0.1, -0.05) is 6.92 Å². The first-order valence-electron chi connectivity index (χ1n) is 9.69. The zero-order valence-corrected chi connectivity index (χ0v) is 16.0. The molecule has 0 unspecified atom stereocenters. The maximum Gasteiger partial charge on any atom is 0.223 e. The fraction of sp³-hybridized carbons (Fsp3) is 0.364. The summed E-state index contributed by atoms with van der Waals surface area (Å²) in [6.45, 7) is 4.07. The molecule has 28 heavy (non-hydrogen) atoms. The lowest BCUT2D eigenvalue weighted by Crippen LogP contribution is -2.42. The first-order chi connectivity index (χ1) is 13.5. The number of amides is 1. The number of rotatable bonds is 5. The van der Waals surface area contributed by atoms with Gasteiger partial charge in [0.05, 0.1) is 29.5 Å². The second kappa shape index (κ2) is 7.36. The molecule has 0 saturated heterocycles. The van der Waals surface area contributed by atoms with Gasteiger partial charge in [-0.25, -0.2) is 9.07 Å². The highest BCUT2D eigenvalue weighted by Gasteiger charge is 2.34. The number of carbonyl (C=O) groups is 1. The van der Waals surface area contributed by atoms with E-state index in [0.717, 1.165) is 34.1 Å². The van der Waals surface area contributed by atoms with Crippen LogP contribution in [0.15, 0.2) is 42.6 Å². The van der Waals surface area contributed by atoms with Gasteiger partial charge in [0.1, 0.15) is 5.82 Å². The lowest BCUT2D eigenvalue weighted by molar-refractivity contribution is -0.132. The lowest BCUT2D eigenvalue weighted by atomic mass is 9.81. The summed E-state index contributed by atoms with van der Waals surface area (Å²) in [7, 11) is 0. The number of aromatic nitrogens is 2. The number of hydrogen-bond donors (Lipinski definition) is 2. The Balaban J connectivity index is 1.63. The van der Waals surface area contributed by atoms with Crippen LogP contribution in [-0.2, 0) is 4.79 Å². The van der Waals surface area contributed by atoms with E-state index in [1.807, 2.05) is 13.8 Å². The normalized spacial score (nSPS) is 20.0. The lowest BCUT2D eigenvalue weighted by Gasteiger charge is -2.32. The van der Waals surface area contributed by atoms with Crippen molar-refractivity contribution >= 4 is 16.8 Å². The summed E-state index contributed by atoms with van der Waals surface area (Å²) in [5.41, 5.74) is 3.88. The second-order valence-corrected chi connectivity index (χ2v) is 7.59. The van der Waals surface area contributed by atoms with Crippen LogP contribution in [0.3, 0.4) is 0 Å². The van der Waals surface area contributed by atoms with Crippen LogP contribution < -0.4 is 5.32 Å². The molecular weight excluding hydrogens is 357 g/mol. The fourth-order valence-electron chi connectivity index (χ4n) is 3.85. The molecule has 0 bridgehead atoms. The highest BCUT2D eigenvalue weighted by molar-refractivity contribution is 5.83. The predicted molar refractivity (Wildman–Crippen MR) is 106 cm³/mol. The van der Waals surface area contributed by atoms with Gasteiger partial charge in [-0.15, -0.1) is 0 Å². The molecular formula is C22H24FN3O2. The number of nitrogens with zero attached hydrogens (tertiary/aromatic N) is 2. The molecule has 1 heterocycles. The van der Waals surface area contributed by atoms with Gasteiger partial charge in [0.15, 0.2) is 0 Å². The van der Waals surface area contributed by atoms with Crippen molar-refractivity contribution in [3.05, 3.63) is 59.5 Å². The monoisotopic (exact) mass is 381 g/mol. The molecule has 0 aliphatic heterocycles. The van der Waals surface area contributed by atoms with Gasteiger partial charge in [0.2, 0.25) is 5.91 Å². The summed E-state index contributed by atoms with van der Waals surface area (Å²) in [5, 5.41) is 18.0. The standard InChI is InChI=1S/C22H24FN3O2/c1-3-20(25-22(28)14-9-18(27)10-14)19-11-15-12-24-26(21(15)8-13(19)2)17-6-4-16(23)5-7-17/h4-8,11-12,14,18,20,27H,3,9-10H2,1-2H3,(H,25,28)/t14-,18+,20-/m0/s1. The van der Waals surface area contributed by atoms with E-state index >= 15 is 0 Å². The molecule has 0 radical (unpaired) electrons. The predicted octanol–water partition coefficient (Wildman–Crippen LogP) is 3.81. The molecule has 1 saturated carbocycles. The number of halogens is 1. The molecule has 5 nitrogen and oxygen atoms in total. The van der Waals surface area contributed by atoms with E-state index in [9.17, 15) is 14.3 Å². The van der Waals surface area contributed by atoms with Gasteiger partial charge in [-0.2, -0.15) is 5.10 Å². The molecule has 146 valence electrons. The van der Waals surface area contributed by atoms with Crippen molar-refractivity contribution in [2.45, 2.75) is 45.3 Å². The molecule has 2 aromatic carbocycles. The van der Waals surface area contributed by atoms with Crippen LogP contribution in [0.1, 0.15) is 43.4 Å². The van der Waals surface area contributed by atoms with Crippen molar-refractivity contribution in [2.24, 2.45) is 5.92 Å². The average molecular weight is 381 g/mol. The molecule has 1 atom stereocenters. The SMILES string of the molecule is CC[C@H](NC(=O)[C@H]1C[C@@H](O)C1)c1cc2cnn(-c3ccc(F)cc3)c2cc1C. The first kappa shape index (κ1) is 18.6. The zero-order chi connectivity index (χ0) is 19.8. The Bertz CT molecular complexity index is 1010. The number of aliphatic hydroxyl groups excluding tert-OH is 1. The van der Waals surface area contributed by atoms with Crippen LogP contribution in [0.2, 0.25) is 0 Å². The summed E-state index contributed by atoms with van der Waals surface area (Å²) < 4.78 is 15.0. The quantitative estimate of drug-likeness (QED) is 0.706. The topological polar surface area (TPSA) is 67.2 Å². The van der Waals surface area contributed by atoms with Crippen molar-refractivity contribution in [3.8, 4) is 5.69 Å². The third-order valence-electron chi connectivity index (χ3n) is 5.61. The van der Waals surface area contributed by atoms with Gasteiger partial charge < -0.3 is 10.4 Å². The Morgan fingerprint density at radius 1 is 1.32 bits per heavy atom. The van der Waals surface area contributed by atoms with Crippen LogP contribution in [0.25, 0.3) is 16.6 Å². The molecule has 1 amide bonds. The Labute approximate surface area is 163 Å². The van der Waals surface area contributed by atoms with E-state index < -0.39 is 0 Å². The molecule has 3 aromatic rings. The maximum absolute atomic E-state index is 13.2. The van der Waals surface area contributed by atoms with Crippen molar-refractivity contribution in [2.75, 3.05) is 0 Å². The van der Waals surface area contributed by atoms with E-state index in [1.165, 1.54) is 12.1 Å². The molecule has 0 spiro atoms. The van der Waals surface area contributed by atoms with Crippen molar-refractivity contribution in [3.63, 3.8) is 0 Å².